The third-order valence-corrected chi connectivity index (χ3v) is 2.64. The van der Waals surface area contributed by atoms with Crippen LogP contribution in [0.1, 0.15) is 45.1 Å². The average molecular weight is 218 g/mol. The Morgan fingerprint density at radius 1 is 1.25 bits per heavy atom. The zero-order chi connectivity index (χ0) is 11.8. The Morgan fingerprint density at radius 2 is 2.06 bits per heavy atom. The van der Waals surface area contributed by atoms with Gasteiger partial charge in [0.1, 0.15) is 5.75 Å². The second kappa shape index (κ2) is 7.10. The van der Waals surface area contributed by atoms with E-state index in [0.717, 1.165) is 18.6 Å². The summed E-state index contributed by atoms with van der Waals surface area (Å²) < 4.78 is 5.26. The molecule has 16 heavy (non-hydrogen) atoms. The molecule has 0 unspecified atom stereocenters. The highest BCUT2D eigenvalue weighted by Gasteiger charge is 2.01. The van der Waals surface area contributed by atoms with E-state index < -0.39 is 0 Å². The van der Waals surface area contributed by atoms with Crippen LogP contribution < -0.4 is 4.74 Å². The molecule has 1 nitrogen and oxygen atoms in total. The topological polar surface area (TPSA) is 9.23 Å². The first kappa shape index (κ1) is 12.8. The monoisotopic (exact) mass is 218 g/mol. The van der Waals surface area contributed by atoms with Gasteiger partial charge in [-0.25, -0.2) is 0 Å². The van der Waals surface area contributed by atoms with Crippen LogP contribution in [-0.4, -0.2) is 7.11 Å². The van der Waals surface area contributed by atoms with Crippen LogP contribution >= 0.6 is 0 Å². The second-order valence-corrected chi connectivity index (χ2v) is 4.00. The predicted octanol–water partition coefficient (Wildman–Crippen LogP) is 4.68. The molecule has 0 aliphatic rings. The van der Waals surface area contributed by atoms with E-state index in [1.54, 1.807) is 7.11 Å². The molecule has 0 radical (unpaired) electrons. The van der Waals surface area contributed by atoms with E-state index in [0.29, 0.717) is 0 Å². The van der Waals surface area contributed by atoms with Gasteiger partial charge in [0.25, 0.3) is 0 Å². The summed E-state index contributed by atoms with van der Waals surface area (Å²) in [5, 5.41) is 0. The number of ether oxygens (including phenoxy) is 1. The van der Waals surface area contributed by atoms with Crippen LogP contribution in [0.2, 0.25) is 0 Å². The van der Waals surface area contributed by atoms with E-state index in [1.165, 1.54) is 24.0 Å². The van der Waals surface area contributed by atoms with Gasteiger partial charge in [0, 0.05) is 0 Å². The molecule has 88 valence electrons. The van der Waals surface area contributed by atoms with Crippen molar-refractivity contribution in [3.8, 4) is 5.75 Å². The number of allylic oxidation sites excluding steroid dienone is 2. The summed E-state index contributed by atoms with van der Waals surface area (Å²) >= 11 is 0. The lowest BCUT2D eigenvalue weighted by Gasteiger charge is -2.08. The maximum absolute atomic E-state index is 5.26. The van der Waals surface area contributed by atoms with Gasteiger partial charge < -0.3 is 4.74 Å². The zero-order valence-electron chi connectivity index (χ0n) is 10.6. The van der Waals surface area contributed by atoms with Gasteiger partial charge in [-0.05, 0) is 36.1 Å². The van der Waals surface area contributed by atoms with Gasteiger partial charge in [-0.1, -0.05) is 44.9 Å². The minimum Gasteiger partial charge on any atom is -0.497 e. The van der Waals surface area contributed by atoms with Gasteiger partial charge in [0.15, 0.2) is 0 Å². The highest BCUT2D eigenvalue weighted by Crippen LogP contribution is 2.24. The zero-order valence-corrected chi connectivity index (χ0v) is 10.6. The third-order valence-electron chi connectivity index (χ3n) is 2.64. The Labute approximate surface area is 99.1 Å². The average Bonchev–Trinajstić information content (AvgIpc) is 2.34. The highest BCUT2D eigenvalue weighted by molar-refractivity contribution is 5.66. The number of hydrogen-bond acceptors (Lipinski definition) is 1. The number of hydrogen-bond donors (Lipinski definition) is 0. The summed E-state index contributed by atoms with van der Waals surface area (Å²) in [5.74, 6) is 0.941. The van der Waals surface area contributed by atoms with Crippen molar-refractivity contribution in [3.05, 3.63) is 35.9 Å². The van der Waals surface area contributed by atoms with Crippen LogP contribution in [0.25, 0.3) is 5.57 Å². The quantitative estimate of drug-likeness (QED) is 0.673. The van der Waals surface area contributed by atoms with Gasteiger partial charge >= 0.3 is 0 Å². The molecule has 0 saturated carbocycles. The standard InChI is InChI=1S/C15H22O/c1-4-6-9-13(8-5-2)14-10-7-11-15(12-14)16-3/h7,9-12H,4-6,8H2,1-3H3. The van der Waals surface area contributed by atoms with Crippen LogP contribution in [0.3, 0.4) is 0 Å². The minimum atomic E-state index is 0.941. The first-order valence-corrected chi connectivity index (χ1v) is 6.15. The smallest absolute Gasteiger partial charge is 0.119 e. The van der Waals surface area contributed by atoms with E-state index in [9.17, 15) is 0 Å². The molecular weight excluding hydrogens is 196 g/mol. The van der Waals surface area contributed by atoms with E-state index in [1.807, 2.05) is 6.07 Å². The summed E-state index contributed by atoms with van der Waals surface area (Å²) in [6.07, 6.45) is 7.06. The van der Waals surface area contributed by atoms with Crippen molar-refractivity contribution in [1.82, 2.24) is 0 Å². The Kier molecular flexibility index (Phi) is 5.69. The van der Waals surface area contributed by atoms with Crippen molar-refractivity contribution >= 4 is 5.57 Å². The van der Waals surface area contributed by atoms with Crippen molar-refractivity contribution in [2.75, 3.05) is 7.11 Å². The molecule has 1 aromatic rings. The van der Waals surface area contributed by atoms with Crippen LogP contribution in [0.5, 0.6) is 5.75 Å². The summed E-state index contributed by atoms with van der Waals surface area (Å²) in [5.41, 5.74) is 2.75. The molecular formula is C15H22O. The molecule has 0 saturated heterocycles. The maximum Gasteiger partial charge on any atom is 0.119 e. The number of benzene rings is 1. The van der Waals surface area contributed by atoms with Crippen molar-refractivity contribution in [3.63, 3.8) is 0 Å². The fourth-order valence-electron chi connectivity index (χ4n) is 1.77. The van der Waals surface area contributed by atoms with Gasteiger partial charge in [0.2, 0.25) is 0 Å². The van der Waals surface area contributed by atoms with Gasteiger partial charge in [0.05, 0.1) is 7.11 Å². The lowest BCUT2D eigenvalue weighted by molar-refractivity contribution is 0.414. The van der Waals surface area contributed by atoms with Gasteiger partial charge in [-0.3, -0.25) is 0 Å². The lowest BCUT2D eigenvalue weighted by atomic mass is 10.00. The van der Waals surface area contributed by atoms with E-state index in [4.69, 9.17) is 4.74 Å². The van der Waals surface area contributed by atoms with Gasteiger partial charge in [-0.15, -0.1) is 0 Å². The molecule has 0 atom stereocenters. The molecule has 0 aliphatic heterocycles. The lowest BCUT2D eigenvalue weighted by Crippen LogP contribution is -1.88. The first-order chi connectivity index (χ1) is 7.81. The molecule has 1 aromatic carbocycles. The normalized spacial score (nSPS) is 11.6. The van der Waals surface area contributed by atoms with E-state index >= 15 is 0 Å². The number of unbranched alkanes of at least 4 members (excludes halogenated alkanes) is 1. The molecule has 0 heterocycles. The summed E-state index contributed by atoms with van der Waals surface area (Å²) in [6, 6.07) is 8.34. The predicted molar refractivity (Wildman–Crippen MR) is 70.8 cm³/mol. The summed E-state index contributed by atoms with van der Waals surface area (Å²) in [7, 11) is 1.72. The number of rotatable bonds is 6. The fraction of sp³-hybridized carbons (Fsp3) is 0.467. The van der Waals surface area contributed by atoms with Crippen LogP contribution in [-0.2, 0) is 0 Å². The molecule has 0 N–H and O–H groups in total. The summed E-state index contributed by atoms with van der Waals surface area (Å²) in [4.78, 5) is 0. The molecule has 0 spiro atoms. The third kappa shape index (κ3) is 3.73. The van der Waals surface area contributed by atoms with Crippen molar-refractivity contribution in [2.24, 2.45) is 0 Å². The van der Waals surface area contributed by atoms with E-state index in [2.05, 4.69) is 38.1 Å². The molecule has 0 aromatic heterocycles. The fourth-order valence-corrected chi connectivity index (χ4v) is 1.77. The Hall–Kier alpha value is -1.24. The van der Waals surface area contributed by atoms with Crippen LogP contribution in [0.15, 0.2) is 30.3 Å². The van der Waals surface area contributed by atoms with E-state index in [-0.39, 0.29) is 0 Å². The minimum absolute atomic E-state index is 0.941. The van der Waals surface area contributed by atoms with Crippen LogP contribution in [0, 0.1) is 0 Å². The van der Waals surface area contributed by atoms with Crippen molar-refractivity contribution < 1.29 is 4.74 Å². The number of methoxy groups -OCH3 is 1. The molecule has 0 fully saturated rings. The SMILES string of the molecule is CCCC=C(CCC)c1cccc(OC)c1. The molecule has 0 amide bonds. The Bertz CT molecular complexity index is 339. The Balaban J connectivity index is 2.91. The maximum atomic E-state index is 5.26. The largest absolute Gasteiger partial charge is 0.497 e. The molecule has 0 bridgehead atoms. The van der Waals surface area contributed by atoms with Gasteiger partial charge in [-0.2, -0.15) is 0 Å². The molecule has 0 aliphatic carbocycles. The van der Waals surface area contributed by atoms with Crippen molar-refractivity contribution in [2.45, 2.75) is 39.5 Å². The van der Waals surface area contributed by atoms with Crippen LogP contribution in [0.4, 0.5) is 0 Å². The molecule has 1 heteroatoms. The second-order valence-electron chi connectivity index (χ2n) is 4.00. The first-order valence-electron chi connectivity index (χ1n) is 6.15. The molecule has 1 rings (SSSR count). The Morgan fingerprint density at radius 3 is 2.69 bits per heavy atom. The van der Waals surface area contributed by atoms with Crippen molar-refractivity contribution in [1.29, 1.82) is 0 Å². The highest BCUT2D eigenvalue weighted by atomic mass is 16.5. The summed E-state index contributed by atoms with van der Waals surface area (Å²) in [6.45, 7) is 4.44.